The van der Waals surface area contributed by atoms with Crippen LogP contribution < -0.4 is 0 Å². The monoisotopic (exact) mass is 106 g/mol. The van der Waals surface area contributed by atoms with Crippen molar-refractivity contribution in [1.82, 2.24) is 0 Å². The van der Waals surface area contributed by atoms with Crippen molar-refractivity contribution in [3.8, 4) is 0 Å². The molecule has 0 spiro atoms. The number of hydrogen-bond donors (Lipinski definition) is 0. The predicted octanol–water partition coefficient (Wildman–Crippen LogP) is -0.289. The van der Waals surface area contributed by atoms with Gasteiger partial charge in [0.15, 0.2) is 0 Å². The van der Waals surface area contributed by atoms with Gasteiger partial charge < -0.3 is 0 Å². The predicted molar refractivity (Wildman–Crippen MR) is 27.5 cm³/mol. The first kappa shape index (κ1) is 5.46. The average molecular weight is 106 g/mol. The van der Waals surface area contributed by atoms with E-state index in [0.29, 0.717) is 0 Å². The van der Waals surface area contributed by atoms with Crippen LogP contribution in [0.5, 0.6) is 0 Å². The van der Waals surface area contributed by atoms with Crippen LogP contribution in [0.1, 0.15) is 0 Å². The van der Waals surface area contributed by atoms with Gasteiger partial charge in [0.2, 0.25) is 0 Å². The van der Waals surface area contributed by atoms with Crippen LogP contribution in [-0.4, -0.2) is 13.6 Å². The first-order valence-electron chi connectivity index (χ1n) is 0.977. The molecule has 0 aromatic carbocycles. The minimum atomic E-state index is -0.739. The van der Waals surface area contributed by atoms with Crippen LogP contribution in [0.15, 0.2) is 0 Å². The van der Waals surface area contributed by atoms with Gasteiger partial charge in [0.25, 0.3) is 0 Å². The summed E-state index contributed by atoms with van der Waals surface area (Å²) in [6.07, 6.45) is 0. The maximum absolute atomic E-state index is 4.91. The van der Waals surface area contributed by atoms with Gasteiger partial charge in [-0.05, 0) is 0 Å². The number of hydrogen-bond acceptors (Lipinski definition) is 2. The van der Waals surface area contributed by atoms with Crippen LogP contribution in [-0.2, 0) is 24.3 Å². The molecule has 0 N–H and O–H groups in total. The second-order valence-corrected chi connectivity index (χ2v) is 2.27. The molecule has 0 bridgehead atoms. The Morgan fingerprint density at radius 3 is 2.20 bits per heavy atom. The summed E-state index contributed by atoms with van der Waals surface area (Å²) in [5, 5.41) is 0. The van der Waals surface area contributed by atoms with Crippen molar-refractivity contribution in [2.75, 3.05) is 7.11 Å². The second-order valence-electron chi connectivity index (χ2n) is 0.427. The fourth-order valence-corrected chi connectivity index (χ4v) is 0. The summed E-state index contributed by atoms with van der Waals surface area (Å²) in [6, 6.07) is 0. The molecule has 0 aromatic heterocycles. The normalized spacial score (nSPS) is 7.80. The average Bonchev–Trinajstić information content (AvgIpc) is 1.38. The van der Waals surface area contributed by atoms with E-state index in [1.165, 1.54) is 7.11 Å². The van der Waals surface area contributed by atoms with Gasteiger partial charge in [0.05, 0.1) is 0 Å². The van der Waals surface area contributed by atoms with Gasteiger partial charge in [-0.3, -0.25) is 0 Å². The van der Waals surface area contributed by atoms with E-state index >= 15 is 0 Å². The van der Waals surface area contributed by atoms with Crippen molar-refractivity contribution in [2.24, 2.45) is 0 Å². The Balaban J connectivity index is 3.39. The topological polar surface area (TPSA) is 9.23 Å². The zero-order chi connectivity index (χ0) is 4.28. The standard InChI is InChI=1S/CH3BOS2/c1-3-5(2)4/h1H3. The van der Waals surface area contributed by atoms with E-state index in [2.05, 4.69) is 15.4 Å². The molecule has 0 aliphatic rings. The molecule has 4 heteroatoms. The molecule has 0 heterocycles. The molecule has 0 aliphatic carbocycles. The van der Waals surface area contributed by atoms with Crippen molar-refractivity contribution < 1.29 is 4.18 Å². The van der Waals surface area contributed by atoms with Gasteiger partial charge in [0, 0.05) is 0 Å². The van der Waals surface area contributed by atoms with Gasteiger partial charge >= 0.3 is 38.0 Å². The Kier molecular flexibility index (Phi) is 2.94. The van der Waals surface area contributed by atoms with Gasteiger partial charge in [-0.15, -0.1) is 0 Å². The van der Waals surface area contributed by atoms with E-state index < -0.39 is 8.97 Å². The van der Waals surface area contributed by atoms with Crippen molar-refractivity contribution in [2.45, 2.75) is 0 Å². The minimum absolute atomic E-state index is 0.739. The third-order valence-electron chi connectivity index (χ3n) is 0.164. The summed E-state index contributed by atoms with van der Waals surface area (Å²) in [5.74, 6) is 0. The van der Waals surface area contributed by atoms with E-state index in [-0.39, 0.29) is 0 Å². The third-order valence-corrected chi connectivity index (χ3v) is 0.901. The second kappa shape index (κ2) is 2.69. The quantitative estimate of drug-likeness (QED) is 0.392. The van der Waals surface area contributed by atoms with Crippen LogP contribution in [0, 0.1) is 0 Å². The molecule has 0 fully saturated rings. The van der Waals surface area contributed by atoms with E-state index in [4.69, 9.17) is 6.53 Å². The maximum atomic E-state index is 4.91. The first-order valence-corrected chi connectivity index (χ1v) is 3.12. The molecular formula is CH3BOS2. The van der Waals surface area contributed by atoms with E-state index in [1.807, 2.05) is 0 Å². The van der Waals surface area contributed by atoms with Crippen LogP contribution in [0.25, 0.3) is 0 Å². The van der Waals surface area contributed by atoms with E-state index in [0.717, 1.165) is 0 Å². The van der Waals surface area contributed by atoms with Crippen LogP contribution in [0.2, 0.25) is 0 Å². The molecule has 0 atom stereocenters. The van der Waals surface area contributed by atoms with E-state index in [9.17, 15) is 0 Å². The molecule has 5 heavy (non-hydrogen) atoms. The molecule has 0 amide bonds. The SMILES string of the molecule is B#S(=S)OC. The zero-order valence-electron chi connectivity index (χ0n) is 2.80. The summed E-state index contributed by atoms with van der Waals surface area (Å²) >= 11 is 4.36. The molecule has 28 valence electrons. The van der Waals surface area contributed by atoms with Crippen molar-refractivity contribution in [3.63, 3.8) is 0 Å². The first-order chi connectivity index (χ1) is 2.27. The Labute approximate surface area is 38.6 Å². The molecule has 0 aromatic rings. The summed E-state index contributed by atoms with van der Waals surface area (Å²) in [6.45, 7) is 4.91. The zero-order valence-corrected chi connectivity index (χ0v) is 4.44. The number of rotatable bonds is 0. The van der Waals surface area contributed by atoms with Crippen molar-refractivity contribution in [3.05, 3.63) is 0 Å². The molecule has 0 unspecified atom stereocenters. The Hall–Kier alpha value is 0.465. The summed E-state index contributed by atoms with van der Waals surface area (Å²) in [5.41, 5.74) is 0. The third kappa shape index (κ3) is 4.46. The van der Waals surface area contributed by atoms with Gasteiger partial charge in [0.1, 0.15) is 0 Å². The van der Waals surface area contributed by atoms with Crippen LogP contribution >= 0.6 is 0 Å². The molecule has 0 saturated carbocycles. The van der Waals surface area contributed by atoms with E-state index in [1.54, 1.807) is 0 Å². The summed E-state index contributed by atoms with van der Waals surface area (Å²) in [7, 11) is 0.743. The Bertz CT molecular complexity index is 111. The molecule has 0 saturated heterocycles. The molecular weight excluding hydrogens is 103 g/mol. The summed E-state index contributed by atoms with van der Waals surface area (Å²) in [4.78, 5) is 0. The molecule has 0 radical (unpaired) electrons. The van der Waals surface area contributed by atoms with Crippen molar-refractivity contribution >= 4 is 26.7 Å². The van der Waals surface area contributed by atoms with Crippen molar-refractivity contribution in [1.29, 1.82) is 0 Å². The molecule has 0 rings (SSSR count). The molecule has 1 nitrogen and oxygen atoms in total. The fourth-order valence-electron chi connectivity index (χ4n) is 0. The van der Waals surface area contributed by atoms with Gasteiger partial charge in [-0.2, -0.15) is 0 Å². The summed E-state index contributed by atoms with van der Waals surface area (Å²) < 4.78 is 4.37. The fraction of sp³-hybridized carbons (Fsp3) is 1.00. The van der Waals surface area contributed by atoms with Gasteiger partial charge in [-0.1, -0.05) is 0 Å². The van der Waals surface area contributed by atoms with Crippen LogP contribution in [0.4, 0.5) is 0 Å². The van der Waals surface area contributed by atoms with Gasteiger partial charge in [-0.25, -0.2) is 0 Å². The molecule has 0 aliphatic heterocycles. The van der Waals surface area contributed by atoms with Crippen LogP contribution in [0.3, 0.4) is 0 Å². The Morgan fingerprint density at radius 1 is 2.00 bits per heavy atom. The Morgan fingerprint density at radius 2 is 2.20 bits per heavy atom.